The van der Waals surface area contributed by atoms with Gasteiger partial charge in [-0.1, -0.05) is 18.2 Å². The second-order valence-electron chi connectivity index (χ2n) is 4.54. The summed E-state index contributed by atoms with van der Waals surface area (Å²) in [6.07, 6.45) is 0. The number of amides is 1. The van der Waals surface area contributed by atoms with Crippen LogP contribution in [0.1, 0.15) is 15.4 Å². The van der Waals surface area contributed by atoms with E-state index in [4.69, 9.17) is 11.5 Å². The molecule has 0 spiro atoms. The first-order valence-corrected chi connectivity index (χ1v) is 6.99. The largest absolute Gasteiger partial charge is 0.390 e. The maximum Gasteiger partial charge on any atom is 0.282 e. The van der Waals surface area contributed by atoms with Gasteiger partial charge >= 0.3 is 0 Å². The first-order valence-electron chi connectivity index (χ1n) is 6.18. The molecule has 0 saturated heterocycles. The van der Waals surface area contributed by atoms with E-state index in [-0.39, 0.29) is 11.3 Å². The zero-order valence-electron chi connectivity index (χ0n) is 11.2. The molecule has 0 unspecified atom stereocenters. The van der Waals surface area contributed by atoms with Crippen LogP contribution in [-0.2, 0) is 0 Å². The van der Waals surface area contributed by atoms with Crippen molar-refractivity contribution in [2.24, 2.45) is 5.73 Å². The Bertz CT molecular complexity index is 912. The van der Waals surface area contributed by atoms with E-state index in [0.717, 1.165) is 9.56 Å². The van der Waals surface area contributed by atoms with E-state index >= 15 is 0 Å². The molecule has 0 saturated carbocycles. The van der Waals surface area contributed by atoms with Crippen molar-refractivity contribution in [1.29, 1.82) is 0 Å². The molecule has 7 heteroatoms. The summed E-state index contributed by atoms with van der Waals surface area (Å²) in [5.41, 5.74) is 11.6. The number of para-hydroxylation sites is 1. The van der Waals surface area contributed by atoms with Crippen molar-refractivity contribution in [3.05, 3.63) is 51.3 Å². The Labute approximate surface area is 123 Å². The molecule has 0 bridgehead atoms. The van der Waals surface area contributed by atoms with Gasteiger partial charge in [-0.25, -0.2) is 0 Å². The highest BCUT2D eigenvalue weighted by molar-refractivity contribution is 7.17. The van der Waals surface area contributed by atoms with Crippen LogP contribution in [-0.4, -0.2) is 15.7 Å². The number of primary amides is 1. The van der Waals surface area contributed by atoms with E-state index in [1.54, 1.807) is 31.2 Å². The number of aromatic nitrogens is 2. The zero-order valence-corrected chi connectivity index (χ0v) is 12.0. The minimum atomic E-state index is -0.689. The van der Waals surface area contributed by atoms with Crippen LogP contribution in [0.15, 0.2) is 35.1 Å². The molecule has 1 amide bonds. The van der Waals surface area contributed by atoms with Crippen LogP contribution >= 0.6 is 11.3 Å². The van der Waals surface area contributed by atoms with Crippen LogP contribution in [0.4, 0.5) is 5.00 Å². The lowest BCUT2D eigenvalue weighted by atomic mass is 10.1. The molecule has 0 fully saturated rings. The number of nitrogens with two attached hydrogens (primary N) is 2. The third kappa shape index (κ3) is 1.98. The molecule has 0 aliphatic heterocycles. The van der Waals surface area contributed by atoms with Crippen molar-refractivity contribution in [3.63, 3.8) is 0 Å². The third-order valence-corrected chi connectivity index (χ3v) is 4.12. The van der Waals surface area contributed by atoms with Gasteiger partial charge in [0.1, 0.15) is 0 Å². The summed E-state index contributed by atoms with van der Waals surface area (Å²) in [7, 11) is 0. The molecule has 3 aromatic rings. The van der Waals surface area contributed by atoms with Gasteiger partial charge < -0.3 is 11.5 Å². The van der Waals surface area contributed by atoms with Crippen LogP contribution in [0.3, 0.4) is 0 Å². The van der Waals surface area contributed by atoms with E-state index in [1.165, 1.54) is 11.3 Å². The maximum atomic E-state index is 12.6. The van der Waals surface area contributed by atoms with Crippen molar-refractivity contribution in [2.45, 2.75) is 6.92 Å². The van der Waals surface area contributed by atoms with Crippen LogP contribution in [0.2, 0.25) is 0 Å². The number of hydrogen-bond acceptors (Lipinski definition) is 5. The van der Waals surface area contributed by atoms with E-state index < -0.39 is 5.91 Å². The fourth-order valence-electron chi connectivity index (χ4n) is 2.28. The summed E-state index contributed by atoms with van der Waals surface area (Å²) in [6.45, 7) is 1.78. The molecule has 0 atom stereocenters. The van der Waals surface area contributed by atoms with Crippen molar-refractivity contribution >= 4 is 33.0 Å². The van der Waals surface area contributed by atoms with Gasteiger partial charge in [0.2, 0.25) is 0 Å². The highest BCUT2D eigenvalue weighted by Gasteiger charge is 2.21. The molecule has 0 aliphatic rings. The Morgan fingerprint density at radius 3 is 2.52 bits per heavy atom. The van der Waals surface area contributed by atoms with E-state index in [9.17, 15) is 9.59 Å². The number of anilines is 1. The van der Waals surface area contributed by atoms with Gasteiger partial charge in [-0.15, -0.1) is 11.3 Å². The molecule has 1 aromatic carbocycles. The number of benzene rings is 1. The summed E-state index contributed by atoms with van der Waals surface area (Å²) in [6, 6.07) is 8.83. The summed E-state index contributed by atoms with van der Waals surface area (Å²) >= 11 is 1.25. The smallest absolute Gasteiger partial charge is 0.282 e. The number of aryl methyl sites for hydroxylation is 1. The quantitative estimate of drug-likeness (QED) is 0.747. The predicted molar refractivity (Wildman–Crippen MR) is 82.9 cm³/mol. The zero-order chi connectivity index (χ0) is 15.1. The minimum Gasteiger partial charge on any atom is -0.390 e. The monoisotopic (exact) mass is 300 g/mol. The predicted octanol–water partition coefficient (Wildman–Crippen LogP) is 1.44. The lowest BCUT2D eigenvalue weighted by Crippen LogP contribution is -2.26. The number of thiophene rings is 1. The van der Waals surface area contributed by atoms with Crippen LogP contribution < -0.4 is 17.0 Å². The molecule has 6 nitrogen and oxygen atoms in total. The Morgan fingerprint density at radius 1 is 1.24 bits per heavy atom. The number of hydrogen-bond donors (Lipinski definition) is 2. The Kier molecular flexibility index (Phi) is 2.99. The normalized spacial score (nSPS) is 10.9. The number of nitrogens with zero attached hydrogens (tertiary/aromatic N) is 2. The Hall–Kier alpha value is -2.67. The highest BCUT2D eigenvalue weighted by Crippen LogP contribution is 2.32. The van der Waals surface area contributed by atoms with Crippen molar-refractivity contribution in [2.75, 3.05) is 5.73 Å². The van der Waals surface area contributed by atoms with Gasteiger partial charge in [-0.3, -0.25) is 9.59 Å². The molecular weight excluding hydrogens is 288 g/mol. The molecule has 21 heavy (non-hydrogen) atoms. The lowest BCUT2D eigenvalue weighted by Gasteiger charge is -2.07. The van der Waals surface area contributed by atoms with Gasteiger partial charge in [-0.05, 0) is 19.1 Å². The number of rotatable bonds is 2. The van der Waals surface area contributed by atoms with Crippen molar-refractivity contribution in [1.82, 2.24) is 9.78 Å². The second kappa shape index (κ2) is 4.71. The third-order valence-electron chi connectivity index (χ3n) is 3.19. The summed E-state index contributed by atoms with van der Waals surface area (Å²) in [5, 5.41) is 5.23. The molecule has 2 aromatic heterocycles. The summed E-state index contributed by atoms with van der Waals surface area (Å²) in [5.74, 6) is -0.689. The van der Waals surface area contributed by atoms with E-state index in [0.29, 0.717) is 21.5 Å². The Morgan fingerprint density at radius 2 is 1.90 bits per heavy atom. The second-order valence-corrected chi connectivity index (χ2v) is 5.79. The molecule has 106 valence electrons. The lowest BCUT2D eigenvalue weighted by molar-refractivity contribution is 0.0995. The van der Waals surface area contributed by atoms with Crippen LogP contribution in [0, 0.1) is 6.92 Å². The molecule has 0 aliphatic carbocycles. The van der Waals surface area contributed by atoms with Gasteiger partial charge in [-0.2, -0.15) is 9.78 Å². The van der Waals surface area contributed by atoms with Gasteiger partial charge in [0, 0.05) is 10.3 Å². The number of carbonyl (C=O) groups is 1. The van der Waals surface area contributed by atoms with Crippen LogP contribution in [0.5, 0.6) is 0 Å². The van der Waals surface area contributed by atoms with Crippen LogP contribution in [0.25, 0.3) is 16.5 Å². The Balaban J connectivity index is 2.49. The minimum absolute atomic E-state index is 0.0545. The summed E-state index contributed by atoms with van der Waals surface area (Å²) in [4.78, 5) is 25.0. The van der Waals surface area contributed by atoms with Gasteiger partial charge in [0.15, 0.2) is 5.69 Å². The highest BCUT2D eigenvalue weighted by atomic mass is 32.1. The molecule has 3 rings (SSSR count). The average molecular weight is 300 g/mol. The van der Waals surface area contributed by atoms with Crippen molar-refractivity contribution in [3.8, 4) is 5.69 Å². The van der Waals surface area contributed by atoms with Gasteiger partial charge in [0.25, 0.3) is 11.5 Å². The molecular formula is C14H12N4O2S. The maximum absolute atomic E-state index is 12.6. The first kappa shape index (κ1) is 13.3. The standard InChI is InChI=1S/C14H12N4O2S/c1-7-9-10(13(16)21-7)14(20)18(17-11(9)12(15)19)8-5-3-2-4-6-8/h2-6H,16H2,1H3,(H2,15,19). The van der Waals surface area contributed by atoms with E-state index in [1.807, 2.05) is 6.07 Å². The molecule has 4 N–H and O–H groups in total. The topological polar surface area (TPSA) is 104 Å². The molecule has 2 heterocycles. The van der Waals surface area contributed by atoms with Gasteiger partial charge in [0.05, 0.1) is 16.1 Å². The summed E-state index contributed by atoms with van der Waals surface area (Å²) < 4.78 is 1.16. The first-order chi connectivity index (χ1) is 10.0. The molecule has 0 radical (unpaired) electrons. The fourth-order valence-corrected chi connectivity index (χ4v) is 3.20. The number of carbonyl (C=O) groups excluding carboxylic acids is 1. The SMILES string of the molecule is Cc1sc(N)c2c(=O)n(-c3ccccc3)nc(C(N)=O)c12. The van der Waals surface area contributed by atoms with E-state index in [2.05, 4.69) is 5.10 Å². The van der Waals surface area contributed by atoms with Crippen molar-refractivity contribution < 1.29 is 4.79 Å². The number of fused-ring (bicyclic) bond motifs is 1. The average Bonchev–Trinajstić information content (AvgIpc) is 2.76. The number of nitrogen functional groups attached to an aromatic ring is 1. The fraction of sp³-hybridized carbons (Fsp3) is 0.0714.